The summed E-state index contributed by atoms with van der Waals surface area (Å²) in [7, 11) is 0. The molecule has 1 saturated heterocycles. The molecule has 424 valence electrons. The first-order chi connectivity index (χ1) is 36.7. The van der Waals surface area contributed by atoms with Crippen molar-refractivity contribution in [2.45, 2.75) is 108 Å². The number of aliphatic hydroxyl groups excluding tert-OH is 1. The van der Waals surface area contributed by atoms with Crippen LogP contribution in [0.25, 0.3) is 10.9 Å². The Bertz CT molecular complexity index is 2720. The van der Waals surface area contributed by atoms with Gasteiger partial charge in [-0.1, -0.05) is 44.2 Å². The maximum atomic E-state index is 14.1. The number of imidazole rings is 1. The molecule has 5 rings (SSSR count). The number of halogens is 1. The van der Waals surface area contributed by atoms with Gasteiger partial charge in [-0.05, 0) is 67.3 Å². The monoisotopic (exact) mass is 1110 g/mol. The smallest absolute Gasteiger partial charge is 0.245 e. The third-order valence-electron chi connectivity index (χ3n) is 12.5. The quantitative estimate of drug-likeness (QED) is 0.0143. The fourth-order valence-electron chi connectivity index (χ4n) is 8.62. The zero-order valence-electron chi connectivity index (χ0n) is 43.3. The number of phenolic OH excluding ortho intramolecular Hbond substituents is 1. The van der Waals surface area contributed by atoms with Crippen LogP contribution in [-0.2, 0) is 62.4 Å². The molecule has 19 N–H and O–H groups in total. The summed E-state index contributed by atoms with van der Waals surface area (Å²) >= 11 is 0. The topological polar surface area (TPSA) is 442 Å². The highest BCUT2D eigenvalue weighted by molar-refractivity contribution is 5.98. The van der Waals surface area contributed by atoms with Crippen LogP contribution in [0.5, 0.6) is 5.75 Å². The van der Waals surface area contributed by atoms with Crippen molar-refractivity contribution < 1.29 is 53.4 Å². The highest BCUT2D eigenvalue weighted by Gasteiger charge is 2.39. The summed E-state index contributed by atoms with van der Waals surface area (Å²) in [5.41, 5.74) is 24.8. The second-order valence-electron chi connectivity index (χ2n) is 19.0. The Morgan fingerprint density at radius 1 is 0.769 bits per heavy atom. The first-order valence-electron chi connectivity index (χ1n) is 25.1. The molecule has 2 aromatic heterocycles. The lowest BCUT2D eigenvalue weighted by Crippen LogP contribution is -2.60. The predicted octanol–water partition coefficient (Wildman–Crippen LogP) is -3.40. The first-order valence-corrected chi connectivity index (χ1v) is 25.1. The Hall–Kier alpha value is -8.30. The van der Waals surface area contributed by atoms with Crippen LogP contribution in [0.4, 0.5) is 0 Å². The van der Waals surface area contributed by atoms with Gasteiger partial charge in [0.25, 0.3) is 0 Å². The Balaban J connectivity index is 0.0000131. The molecule has 78 heavy (non-hydrogen) atoms. The zero-order chi connectivity index (χ0) is 56.2. The third-order valence-corrected chi connectivity index (χ3v) is 12.5. The number of primary amides is 1. The molecule has 4 aromatic rings. The van der Waals surface area contributed by atoms with E-state index in [-0.39, 0.29) is 81.6 Å². The van der Waals surface area contributed by atoms with Crippen LogP contribution in [0.15, 0.2) is 72.2 Å². The molecule has 1 aliphatic rings. The number of carbonyl (C=O) groups excluding carboxylic acids is 9. The molecule has 0 bridgehead atoms. The molecule has 7 atom stereocenters. The minimum Gasteiger partial charge on any atom is -0.508 e. The standard InChI is InChI=1S/C50H70N16O11.ClH/c1-27(2)17-36(45(73)62-35(9-5-15-56-50(53)54)49(77)66-16-6-10-40(66)48(76)58-23-41(52)69)61-42(70)24-59-44(72)37(18-28-11-13-31(68)14-12-28)64-47(75)39(25-67)65-46(74)38(19-29-21-57-34-8-4-3-7-32(29)34)63-43(71)33(51)20-30-22-55-26-60-30;/h3-4,7-8,11-14,21-22,26-27,33,35-40,57,67-68H,5-6,9-10,15-20,23-25,51H2,1-2H3,(H2,52,69)(H,55,60)(H,58,76)(H,59,72)(H,61,70)(H,62,73)(H,63,71)(H,64,75)(H,65,74)(H4,53,54,56);1H/t33-,35-,36-,37-,38-,39-,40-;/m0./s1. The number of phenols is 1. The molecular weight excluding hydrogens is 1040 g/mol. The van der Waals surface area contributed by atoms with Crippen molar-refractivity contribution in [3.63, 3.8) is 0 Å². The molecular formula is C50H71ClN16O11. The van der Waals surface area contributed by atoms with Crippen LogP contribution in [0.2, 0.25) is 0 Å². The maximum Gasteiger partial charge on any atom is 0.245 e. The van der Waals surface area contributed by atoms with Crippen molar-refractivity contribution in [1.29, 1.82) is 0 Å². The summed E-state index contributed by atoms with van der Waals surface area (Å²) in [6, 6.07) is 4.03. The number of aromatic amines is 2. The van der Waals surface area contributed by atoms with Gasteiger partial charge >= 0.3 is 0 Å². The lowest BCUT2D eigenvalue weighted by molar-refractivity contribution is -0.142. The van der Waals surface area contributed by atoms with Crippen LogP contribution in [0.3, 0.4) is 0 Å². The number of rotatable bonds is 29. The van der Waals surface area contributed by atoms with E-state index in [1.165, 1.54) is 41.7 Å². The number of aromatic nitrogens is 3. The summed E-state index contributed by atoms with van der Waals surface area (Å²) < 4.78 is 0. The van der Waals surface area contributed by atoms with Gasteiger partial charge < -0.3 is 85.2 Å². The molecule has 1 aliphatic heterocycles. The fraction of sp³-hybridized carbons (Fsp3) is 0.460. The summed E-state index contributed by atoms with van der Waals surface area (Å²) in [5.74, 6) is -7.44. The van der Waals surface area contributed by atoms with Gasteiger partial charge in [0.05, 0.1) is 32.1 Å². The van der Waals surface area contributed by atoms with E-state index in [1.54, 1.807) is 26.1 Å². The van der Waals surface area contributed by atoms with E-state index >= 15 is 0 Å². The Morgan fingerprint density at radius 3 is 2.09 bits per heavy atom. The van der Waals surface area contributed by atoms with Crippen molar-refractivity contribution in [3.05, 3.63) is 84.1 Å². The summed E-state index contributed by atoms with van der Waals surface area (Å²) in [6.07, 6.45) is 5.50. The number of nitrogens with two attached hydrogens (primary N) is 4. The van der Waals surface area contributed by atoms with E-state index < -0.39 is 115 Å². The van der Waals surface area contributed by atoms with Gasteiger partial charge in [-0.25, -0.2) is 4.98 Å². The number of benzene rings is 2. The number of para-hydroxylation sites is 1. The van der Waals surface area contributed by atoms with Crippen molar-refractivity contribution in [1.82, 2.24) is 57.1 Å². The third kappa shape index (κ3) is 19.1. The lowest BCUT2D eigenvalue weighted by atomic mass is 10.0. The molecule has 28 heteroatoms. The van der Waals surface area contributed by atoms with Crippen LogP contribution in [0.1, 0.15) is 62.8 Å². The van der Waals surface area contributed by atoms with Gasteiger partial charge in [0.15, 0.2) is 5.96 Å². The second kappa shape index (κ2) is 30.4. The molecule has 2 aromatic carbocycles. The Kier molecular flexibility index (Phi) is 24.3. The van der Waals surface area contributed by atoms with Gasteiger partial charge in [-0.2, -0.15) is 0 Å². The Morgan fingerprint density at radius 2 is 1.42 bits per heavy atom. The summed E-state index contributed by atoms with van der Waals surface area (Å²) in [4.78, 5) is 137. The van der Waals surface area contributed by atoms with E-state index in [0.29, 0.717) is 29.7 Å². The number of hydrogen-bond acceptors (Lipinski definition) is 14. The minimum absolute atomic E-state index is 0. The number of nitrogens with zero attached hydrogens (tertiary/aromatic N) is 3. The molecule has 0 radical (unpaired) electrons. The average molecular weight is 1110 g/mol. The molecule has 9 amide bonds. The lowest BCUT2D eigenvalue weighted by Gasteiger charge is -2.30. The highest BCUT2D eigenvalue weighted by atomic mass is 35.5. The number of likely N-dealkylation sites (tertiary alicyclic amines) is 1. The van der Waals surface area contributed by atoms with Crippen LogP contribution < -0.4 is 60.2 Å². The van der Waals surface area contributed by atoms with Gasteiger partial charge in [0, 0.05) is 61.3 Å². The van der Waals surface area contributed by atoms with Gasteiger partial charge in [-0.3, -0.25) is 48.1 Å². The average Bonchev–Trinajstić information content (AvgIpc) is 4.20. The van der Waals surface area contributed by atoms with Gasteiger partial charge in [0.2, 0.25) is 53.2 Å². The molecule has 0 aliphatic carbocycles. The highest BCUT2D eigenvalue weighted by Crippen LogP contribution is 2.22. The van der Waals surface area contributed by atoms with E-state index in [1.807, 2.05) is 18.2 Å². The zero-order valence-corrected chi connectivity index (χ0v) is 44.1. The second-order valence-corrected chi connectivity index (χ2v) is 19.0. The van der Waals surface area contributed by atoms with Crippen molar-refractivity contribution in [2.24, 2.45) is 33.8 Å². The first kappa shape index (κ1) is 62.2. The van der Waals surface area contributed by atoms with Crippen molar-refractivity contribution in [2.75, 3.05) is 32.8 Å². The van der Waals surface area contributed by atoms with E-state index in [4.69, 9.17) is 22.9 Å². The van der Waals surface area contributed by atoms with Gasteiger partial charge in [-0.15, -0.1) is 12.4 Å². The number of H-pyrrole nitrogens is 2. The predicted molar refractivity (Wildman–Crippen MR) is 287 cm³/mol. The SMILES string of the molecule is CC(C)C[C@H](NC(=O)CNC(=O)[C@H](Cc1ccc(O)cc1)NC(=O)[C@H](CO)NC(=O)[C@H](Cc1c[nH]c2ccccc12)NC(=O)[C@@H](N)Cc1cnc[nH]1)C(=O)N[C@@H](CCCN=C(N)N)C(=O)N1CCC[C@H]1C(=O)NCC(N)=O.Cl. The summed E-state index contributed by atoms with van der Waals surface area (Å²) in [5, 5.41) is 39.1. The summed E-state index contributed by atoms with van der Waals surface area (Å²) in [6.45, 7) is 1.78. The van der Waals surface area contributed by atoms with Gasteiger partial charge in [0.1, 0.15) is 42.0 Å². The van der Waals surface area contributed by atoms with Crippen LogP contribution in [0, 0.1) is 5.92 Å². The van der Waals surface area contributed by atoms with Crippen molar-refractivity contribution in [3.8, 4) is 5.75 Å². The number of aliphatic hydroxyl groups is 1. The molecule has 0 saturated carbocycles. The number of fused-ring (bicyclic) bond motifs is 1. The number of aromatic hydroxyl groups is 1. The minimum atomic E-state index is -1.67. The number of guanidine groups is 1. The molecule has 0 unspecified atom stereocenters. The maximum absolute atomic E-state index is 14.1. The molecule has 0 spiro atoms. The number of amides is 9. The molecule has 1 fully saturated rings. The number of nitrogens with one attached hydrogen (secondary N) is 9. The van der Waals surface area contributed by atoms with Crippen LogP contribution in [-0.4, -0.2) is 164 Å². The van der Waals surface area contributed by atoms with Crippen molar-refractivity contribution >= 4 is 82.4 Å². The number of hydrogen-bond donors (Lipinski definition) is 15. The van der Waals surface area contributed by atoms with E-state index in [9.17, 15) is 53.4 Å². The van der Waals surface area contributed by atoms with E-state index in [0.717, 1.165) is 10.9 Å². The number of carbonyl (C=O) groups is 9. The normalized spacial score (nSPS) is 15.2. The number of aliphatic imine (C=N–C) groups is 1. The van der Waals surface area contributed by atoms with Crippen LogP contribution >= 0.6 is 12.4 Å². The largest absolute Gasteiger partial charge is 0.508 e. The fourth-order valence-corrected chi connectivity index (χ4v) is 8.62. The van der Waals surface area contributed by atoms with E-state index in [2.05, 4.69) is 57.2 Å². The molecule has 3 heterocycles. The Labute approximate surface area is 455 Å². The molecule has 27 nitrogen and oxygen atoms in total.